The third-order valence-corrected chi connectivity index (χ3v) is 8.42. The largest absolute Gasteiger partial charge is 0.392 e. The van der Waals surface area contributed by atoms with E-state index < -0.39 is 8.07 Å². The molecule has 0 heterocycles. The van der Waals surface area contributed by atoms with Crippen molar-refractivity contribution < 1.29 is 5.11 Å². The molecule has 1 nitrogen and oxygen atoms in total. The van der Waals surface area contributed by atoms with Gasteiger partial charge in [0, 0.05) is 5.54 Å². The Morgan fingerprint density at radius 1 is 1.00 bits per heavy atom. The molecule has 21 heavy (non-hydrogen) atoms. The molecule has 110 valence electrons. The Hall–Kier alpha value is -1.64. The smallest absolute Gasteiger partial charge is 0.0901 e. The summed E-state index contributed by atoms with van der Waals surface area (Å²) in [5.74, 6) is 0. The van der Waals surface area contributed by atoms with Crippen LogP contribution in [0.1, 0.15) is 5.56 Å². The van der Waals surface area contributed by atoms with E-state index in [0.29, 0.717) is 6.42 Å². The molecule has 0 radical (unpaired) electrons. The highest BCUT2D eigenvalue weighted by Gasteiger charge is 2.36. The van der Waals surface area contributed by atoms with E-state index in [2.05, 4.69) is 56.1 Å². The van der Waals surface area contributed by atoms with Crippen LogP contribution in [0.15, 0.2) is 73.3 Å². The molecule has 0 bridgehead atoms. The summed E-state index contributed by atoms with van der Waals surface area (Å²) in [5, 5.41) is 12.1. The predicted molar refractivity (Wildman–Crippen MR) is 93.7 cm³/mol. The van der Waals surface area contributed by atoms with Crippen LogP contribution in [-0.2, 0) is 6.42 Å². The molecule has 2 heteroatoms. The van der Waals surface area contributed by atoms with Crippen molar-refractivity contribution in [2.75, 3.05) is 0 Å². The summed E-state index contributed by atoms with van der Waals surface area (Å²) in [7, 11) is -1.79. The molecule has 2 atom stereocenters. The second-order valence-corrected chi connectivity index (χ2v) is 10.8. The van der Waals surface area contributed by atoms with E-state index in [0.717, 1.165) is 0 Å². The Kier molecular flexibility index (Phi) is 5.15. The molecule has 0 aliphatic heterocycles. The molecule has 0 unspecified atom stereocenters. The normalized spacial score (nSPS) is 14.4. The number of hydrogen-bond donors (Lipinski definition) is 1. The Labute approximate surface area is 129 Å². The van der Waals surface area contributed by atoms with Gasteiger partial charge < -0.3 is 5.11 Å². The minimum atomic E-state index is -1.79. The quantitative estimate of drug-likeness (QED) is 0.635. The lowest BCUT2D eigenvalue weighted by Crippen LogP contribution is -2.49. The predicted octanol–water partition coefficient (Wildman–Crippen LogP) is 3.76. The van der Waals surface area contributed by atoms with E-state index in [1.165, 1.54) is 10.8 Å². The highest BCUT2D eigenvalue weighted by Crippen LogP contribution is 2.28. The van der Waals surface area contributed by atoms with Gasteiger partial charge in [-0.25, -0.2) is 0 Å². The minimum absolute atomic E-state index is 0.139. The first-order valence-corrected chi connectivity index (χ1v) is 10.5. The van der Waals surface area contributed by atoms with Crippen molar-refractivity contribution in [3.63, 3.8) is 0 Å². The maximum Gasteiger partial charge on any atom is 0.0901 e. The van der Waals surface area contributed by atoms with Crippen molar-refractivity contribution >= 4 is 13.3 Å². The molecular weight excluding hydrogens is 272 g/mol. The Morgan fingerprint density at radius 3 is 2.05 bits per heavy atom. The average Bonchev–Trinajstić information content (AvgIpc) is 2.49. The van der Waals surface area contributed by atoms with Crippen LogP contribution in [0, 0.1) is 0 Å². The van der Waals surface area contributed by atoms with Crippen LogP contribution in [0.25, 0.3) is 0 Å². The summed E-state index contributed by atoms with van der Waals surface area (Å²) in [6, 6.07) is 20.7. The first-order valence-electron chi connectivity index (χ1n) is 7.45. The molecule has 2 rings (SSSR count). The second-order valence-electron chi connectivity index (χ2n) is 6.11. The third kappa shape index (κ3) is 3.72. The molecule has 2 aromatic rings. The standard InChI is InChI=1S/C19H24OSi/c1-4-19(18(20)15-16-11-7-5-8-12-16)21(2,3)17-13-9-6-10-14-17/h4-14,18-20H,1,15H2,2-3H3/t18-,19+/m1/s1. The molecule has 0 amide bonds. The molecule has 0 saturated heterocycles. The van der Waals surface area contributed by atoms with Gasteiger partial charge in [0.2, 0.25) is 0 Å². The lowest BCUT2D eigenvalue weighted by Gasteiger charge is -2.34. The summed E-state index contributed by atoms with van der Waals surface area (Å²) in [6.45, 7) is 8.61. The summed E-state index contributed by atoms with van der Waals surface area (Å²) < 4.78 is 0. The van der Waals surface area contributed by atoms with Gasteiger partial charge in [0.05, 0.1) is 14.2 Å². The van der Waals surface area contributed by atoms with Gasteiger partial charge in [-0.2, -0.15) is 0 Å². The maximum atomic E-state index is 10.7. The molecule has 1 N–H and O–H groups in total. The van der Waals surface area contributed by atoms with Crippen molar-refractivity contribution in [1.29, 1.82) is 0 Å². The lowest BCUT2D eigenvalue weighted by atomic mass is 10.1. The number of aliphatic hydroxyl groups excluding tert-OH is 1. The van der Waals surface area contributed by atoms with Crippen molar-refractivity contribution in [3.8, 4) is 0 Å². The number of hydrogen-bond acceptors (Lipinski definition) is 1. The Morgan fingerprint density at radius 2 is 1.52 bits per heavy atom. The fourth-order valence-electron chi connectivity index (χ4n) is 2.98. The highest BCUT2D eigenvalue weighted by molar-refractivity contribution is 6.91. The summed E-state index contributed by atoms with van der Waals surface area (Å²) >= 11 is 0. The summed E-state index contributed by atoms with van der Waals surface area (Å²) in [5.41, 5.74) is 1.31. The Balaban J connectivity index is 2.20. The van der Waals surface area contributed by atoms with Gasteiger partial charge in [0.15, 0.2) is 0 Å². The molecule has 0 aliphatic rings. The van der Waals surface area contributed by atoms with Gasteiger partial charge >= 0.3 is 0 Å². The first-order chi connectivity index (χ1) is 10.1. The van der Waals surface area contributed by atoms with Crippen molar-refractivity contribution in [2.45, 2.75) is 31.2 Å². The number of benzene rings is 2. The molecule has 0 aromatic heterocycles. The van der Waals surface area contributed by atoms with Gasteiger partial charge in [0.25, 0.3) is 0 Å². The first kappa shape index (κ1) is 15.7. The molecule has 0 spiro atoms. The second kappa shape index (κ2) is 6.88. The average molecular weight is 296 g/mol. The van der Waals surface area contributed by atoms with Crippen LogP contribution in [-0.4, -0.2) is 19.3 Å². The molecule has 0 aliphatic carbocycles. The van der Waals surface area contributed by atoms with Crippen LogP contribution in [0.4, 0.5) is 0 Å². The Bertz CT molecular complexity index is 563. The zero-order valence-corrected chi connectivity index (χ0v) is 13.9. The lowest BCUT2D eigenvalue weighted by molar-refractivity contribution is 0.176. The van der Waals surface area contributed by atoms with Crippen LogP contribution in [0.2, 0.25) is 18.6 Å². The van der Waals surface area contributed by atoms with Gasteiger partial charge in [-0.3, -0.25) is 0 Å². The third-order valence-electron chi connectivity index (χ3n) is 4.31. The van der Waals surface area contributed by atoms with Crippen molar-refractivity contribution in [2.24, 2.45) is 0 Å². The zero-order chi connectivity index (χ0) is 15.3. The molecule has 0 fully saturated rings. The number of rotatable bonds is 6. The van der Waals surface area contributed by atoms with Gasteiger partial charge in [0.1, 0.15) is 0 Å². The summed E-state index contributed by atoms with van der Waals surface area (Å²) in [4.78, 5) is 0. The zero-order valence-electron chi connectivity index (χ0n) is 12.9. The van der Waals surface area contributed by atoms with Crippen LogP contribution >= 0.6 is 0 Å². The van der Waals surface area contributed by atoms with Crippen molar-refractivity contribution in [1.82, 2.24) is 0 Å². The van der Waals surface area contributed by atoms with E-state index in [-0.39, 0.29) is 11.6 Å². The van der Waals surface area contributed by atoms with Crippen LogP contribution in [0.3, 0.4) is 0 Å². The van der Waals surface area contributed by atoms with E-state index in [1.807, 2.05) is 30.3 Å². The number of aliphatic hydroxyl groups is 1. The summed E-state index contributed by atoms with van der Waals surface area (Å²) in [6.07, 6.45) is 2.25. The highest BCUT2D eigenvalue weighted by atomic mass is 28.3. The SMILES string of the molecule is C=C[C@@H]([C@H](O)Cc1ccccc1)[Si](C)(C)c1ccccc1. The topological polar surface area (TPSA) is 20.2 Å². The fraction of sp³-hybridized carbons (Fsp3) is 0.263. The monoisotopic (exact) mass is 296 g/mol. The van der Waals surface area contributed by atoms with Crippen molar-refractivity contribution in [3.05, 3.63) is 78.9 Å². The van der Waals surface area contributed by atoms with Gasteiger partial charge in [-0.1, -0.05) is 85.0 Å². The van der Waals surface area contributed by atoms with E-state index >= 15 is 0 Å². The minimum Gasteiger partial charge on any atom is -0.392 e. The fourth-order valence-corrected chi connectivity index (χ4v) is 6.08. The molecular formula is C19H24OSi. The van der Waals surface area contributed by atoms with Gasteiger partial charge in [-0.05, 0) is 12.0 Å². The van der Waals surface area contributed by atoms with Crippen LogP contribution in [0.5, 0.6) is 0 Å². The van der Waals surface area contributed by atoms with Crippen LogP contribution < -0.4 is 5.19 Å². The van der Waals surface area contributed by atoms with Gasteiger partial charge in [-0.15, -0.1) is 6.58 Å². The molecule has 2 aromatic carbocycles. The molecule has 0 saturated carbocycles. The maximum absolute atomic E-state index is 10.7. The van der Waals surface area contributed by atoms with E-state index in [9.17, 15) is 5.11 Å². The van der Waals surface area contributed by atoms with E-state index in [1.54, 1.807) is 0 Å². The van der Waals surface area contributed by atoms with E-state index in [4.69, 9.17) is 0 Å².